The first-order chi connectivity index (χ1) is 13.3. The number of hydrogen-bond acceptors (Lipinski definition) is 3. The molecule has 2 atom stereocenters. The van der Waals surface area contributed by atoms with Crippen molar-refractivity contribution in [3.05, 3.63) is 71.8 Å². The number of rotatable bonds is 5. The van der Waals surface area contributed by atoms with Crippen LogP contribution in [-0.2, 0) is 0 Å². The van der Waals surface area contributed by atoms with Gasteiger partial charge in [-0.25, -0.2) is 0 Å². The van der Waals surface area contributed by atoms with E-state index in [1.54, 1.807) is 0 Å². The molecule has 142 valence electrons. The van der Waals surface area contributed by atoms with Crippen molar-refractivity contribution in [2.45, 2.75) is 55.9 Å². The predicted octanol–water partition coefficient (Wildman–Crippen LogP) is 3.68. The Morgan fingerprint density at radius 2 is 1.30 bits per heavy atom. The van der Waals surface area contributed by atoms with Gasteiger partial charge in [-0.1, -0.05) is 60.7 Å². The lowest BCUT2D eigenvalue weighted by atomic mass is 9.91. The van der Waals surface area contributed by atoms with E-state index in [0.29, 0.717) is 12.1 Å². The lowest BCUT2D eigenvalue weighted by Crippen LogP contribution is -2.62. The SMILES string of the molecule is CN1C2CCC1CC(NC1CN(C(c3ccccc3)c3ccccc3)C1)C2. The molecule has 2 aromatic rings. The second-order valence-corrected chi connectivity index (χ2v) is 8.76. The van der Waals surface area contributed by atoms with Crippen molar-refractivity contribution in [1.82, 2.24) is 15.1 Å². The summed E-state index contributed by atoms with van der Waals surface area (Å²) in [6.45, 7) is 2.30. The molecule has 2 aromatic carbocycles. The predicted molar refractivity (Wildman–Crippen MR) is 111 cm³/mol. The first-order valence-electron chi connectivity index (χ1n) is 10.6. The van der Waals surface area contributed by atoms with Crippen LogP contribution in [0.4, 0.5) is 0 Å². The molecule has 3 saturated heterocycles. The molecule has 3 heterocycles. The molecule has 0 amide bonds. The Bertz CT molecular complexity index is 687. The maximum atomic E-state index is 4.00. The van der Waals surface area contributed by atoms with Crippen molar-refractivity contribution >= 4 is 0 Å². The van der Waals surface area contributed by atoms with Crippen molar-refractivity contribution in [2.24, 2.45) is 0 Å². The van der Waals surface area contributed by atoms with Gasteiger partial charge in [-0.3, -0.25) is 4.90 Å². The Morgan fingerprint density at radius 3 is 1.81 bits per heavy atom. The topological polar surface area (TPSA) is 18.5 Å². The second kappa shape index (κ2) is 7.38. The average Bonchev–Trinajstić information content (AvgIpc) is 2.89. The number of benzene rings is 2. The standard InChI is InChI=1S/C24H31N3/c1-26-22-12-13-23(26)15-20(14-22)25-21-16-27(17-21)24(18-8-4-2-5-9-18)19-10-6-3-7-11-19/h2-11,20-25H,12-17H2,1H3. The molecule has 1 N–H and O–H groups in total. The lowest BCUT2D eigenvalue weighted by Gasteiger charge is -2.47. The first kappa shape index (κ1) is 17.4. The van der Waals surface area contributed by atoms with E-state index in [1.165, 1.54) is 36.8 Å². The Kier molecular flexibility index (Phi) is 4.76. The van der Waals surface area contributed by atoms with Gasteiger partial charge in [0.1, 0.15) is 0 Å². The number of nitrogens with one attached hydrogen (secondary N) is 1. The molecule has 0 aromatic heterocycles. The first-order valence-corrected chi connectivity index (χ1v) is 10.6. The van der Waals surface area contributed by atoms with Gasteiger partial charge in [-0.05, 0) is 43.9 Å². The highest BCUT2D eigenvalue weighted by Gasteiger charge is 2.41. The van der Waals surface area contributed by atoms with Gasteiger partial charge in [0.25, 0.3) is 0 Å². The molecule has 0 aliphatic carbocycles. The van der Waals surface area contributed by atoms with E-state index in [2.05, 4.69) is 82.8 Å². The van der Waals surface area contributed by atoms with E-state index < -0.39 is 0 Å². The molecule has 2 unspecified atom stereocenters. The molecule has 2 bridgehead atoms. The van der Waals surface area contributed by atoms with Crippen molar-refractivity contribution in [3.8, 4) is 0 Å². The maximum Gasteiger partial charge on any atom is 0.0602 e. The molecule has 3 aliphatic rings. The number of hydrogen-bond donors (Lipinski definition) is 1. The monoisotopic (exact) mass is 361 g/mol. The van der Waals surface area contributed by atoms with Crippen molar-refractivity contribution < 1.29 is 0 Å². The van der Waals surface area contributed by atoms with Crippen molar-refractivity contribution in [3.63, 3.8) is 0 Å². The molecule has 0 spiro atoms. The van der Waals surface area contributed by atoms with Crippen LogP contribution in [0.15, 0.2) is 60.7 Å². The highest BCUT2D eigenvalue weighted by molar-refractivity contribution is 5.32. The molecule has 27 heavy (non-hydrogen) atoms. The highest BCUT2D eigenvalue weighted by Crippen LogP contribution is 2.36. The van der Waals surface area contributed by atoms with Gasteiger partial charge in [-0.15, -0.1) is 0 Å². The summed E-state index contributed by atoms with van der Waals surface area (Å²) in [4.78, 5) is 5.26. The van der Waals surface area contributed by atoms with E-state index in [-0.39, 0.29) is 0 Å². The van der Waals surface area contributed by atoms with Crippen LogP contribution in [0.5, 0.6) is 0 Å². The molecule has 3 nitrogen and oxygen atoms in total. The zero-order chi connectivity index (χ0) is 18.2. The zero-order valence-corrected chi connectivity index (χ0v) is 16.3. The Hall–Kier alpha value is -1.68. The molecule has 3 heteroatoms. The molecular weight excluding hydrogens is 330 g/mol. The summed E-state index contributed by atoms with van der Waals surface area (Å²) in [5.74, 6) is 0. The Balaban J connectivity index is 1.24. The van der Waals surface area contributed by atoms with Crippen LogP contribution >= 0.6 is 0 Å². The molecule has 0 saturated carbocycles. The van der Waals surface area contributed by atoms with E-state index in [4.69, 9.17) is 0 Å². The molecule has 3 fully saturated rings. The second-order valence-electron chi connectivity index (χ2n) is 8.76. The summed E-state index contributed by atoms with van der Waals surface area (Å²) in [6, 6.07) is 25.3. The third-order valence-electron chi connectivity index (χ3n) is 7.08. The Morgan fingerprint density at radius 1 is 0.778 bits per heavy atom. The van der Waals surface area contributed by atoms with Crippen LogP contribution < -0.4 is 5.32 Å². The van der Waals surface area contributed by atoms with Crippen LogP contribution in [0, 0.1) is 0 Å². The van der Waals surface area contributed by atoms with E-state index in [1.807, 2.05) is 0 Å². The molecule has 5 rings (SSSR count). The average molecular weight is 362 g/mol. The lowest BCUT2D eigenvalue weighted by molar-refractivity contribution is 0.0683. The summed E-state index contributed by atoms with van der Waals surface area (Å²) < 4.78 is 0. The molecule has 3 aliphatic heterocycles. The van der Waals surface area contributed by atoms with Crippen molar-refractivity contribution in [2.75, 3.05) is 20.1 Å². The van der Waals surface area contributed by atoms with Gasteiger partial charge in [0, 0.05) is 37.3 Å². The van der Waals surface area contributed by atoms with Gasteiger partial charge in [-0.2, -0.15) is 0 Å². The van der Waals surface area contributed by atoms with Gasteiger partial charge in [0.15, 0.2) is 0 Å². The van der Waals surface area contributed by atoms with Gasteiger partial charge >= 0.3 is 0 Å². The van der Waals surface area contributed by atoms with E-state index in [0.717, 1.165) is 31.2 Å². The summed E-state index contributed by atoms with van der Waals surface area (Å²) in [7, 11) is 2.33. The fraction of sp³-hybridized carbons (Fsp3) is 0.500. The third kappa shape index (κ3) is 3.44. The van der Waals surface area contributed by atoms with Crippen LogP contribution in [0.3, 0.4) is 0 Å². The fourth-order valence-corrected chi connectivity index (χ4v) is 5.59. The molecular formula is C24H31N3. The Labute approximate surface area is 163 Å². The van der Waals surface area contributed by atoms with E-state index in [9.17, 15) is 0 Å². The summed E-state index contributed by atoms with van der Waals surface area (Å²) in [6.07, 6.45) is 5.48. The largest absolute Gasteiger partial charge is 0.309 e. The highest BCUT2D eigenvalue weighted by atomic mass is 15.3. The van der Waals surface area contributed by atoms with Gasteiger partial charge < -0.3 is 10.2 Å². The van der Waals surface area contributed by atoms with Crippen LogP contribution in [0.25, 0.3) is 0 Å². The summed E-state index contributed by atoms with van der Waals surface area (Å²) >= 11 is 0. The summed E-state index contributed by atoms with van der Waals surface area (Å²) in [5, 5.41) is 4.00. The quantitative estimate of drug-likeness (QED) is 0.876. The van der Waals surface area contributed by atoms with Crippen LogP contribution in [-0.4, -0.2) is 54.1 Å². The minimum absolute atomic E-state index is 0.374. The number of piperidine rings is 1. The normalized spacial score (nSPS) is 29.2. The maximum absolute atomic E-state index is 4.00. The molecule has 0 radical (unpaired) electrons. The van der Waals surface area contributed by atoms with Gasteiger partial charge in [0.05, 0.1) is 6.04 Å². The van der Waals surface area contributed by atoms with Crippen molar-refractivity contribution in [1.29, 1.82) is 0 Å². The van der Waals surface area contributed by atoms with Gasteiger partial charge in [0.2, 0.25) is 0 Å². The zero-order valence-electron chi connectivity index (χ0n) is 16.3. The number of likely N-dealkylation sites (tertiary alicyclic amines) is 1. The third-order valence-corrected chi connectivity index (χ3v) is 7.08. The fourth-order valence-electron chi connectivity index (χ4n) is 5.59. The number of fused-ring (bicyclic) bond motifs is 2. The smallest absolute Gasteiger partial charge is 0.0602 e. The minimum atomic E-state index is 0.374. The van der Waals surface area contributed by atoms with Crippen LogP contribution in [0.1, 0.15) is 42.9 Å². The van der Waals surface area contributed by atoms with Crippen LogP contribution in [0.2, 0.25) is 0 Å². The summed E-state index contributed by atoms with van der Waals surface area (Å²) in [5.41, 5.74) is 2.80. The minimum Gasteiger partial charge on any atom is -0.309 e. The number of nitrogens with zero attached hydrogens (tertiary/aromatic N) is 2. The van der Waals surface area contributed by atoms with E-state index >= 15 is 0 Å².